The fourth-order valence-electron chi connectivity index (χ4n) is 8.06. The van der Waals surface area contributed by atoms with Crippen LogP contribution in [0.15, 0.2) is 162 Å². The largest absolute Gasteiger partial charge is 0.456 e. The van der Waals surface area contributed by atoms with Gasteiger partial charge in [0.2, 0.25) is 0 Å². The average molecular weight is 617 g/mol. The molecule has 228 valence electrons. The Bertz CT molecular complexity index is 2620. The van der Waals surface area contributed by atoms with Crippen LogP contribution in [0.4, 0.5) is 17.1 Å². The van der Waals surface area contributed by atoms with Crippen molar-refractivity contribution < 1.29 is 4.42 Å². The summed E-state index contributed by atoms with van der Waals surface area (Å²) < 4.78 is 8.76. The van der Waals surface area contributed by atoms with E-state index in [-0.39, 0.29) is 5.41 Å². The first-order valence-electron chi connectivity index (χ1n) is 16.6. The molecule has 0 N–H and O–H groups in total. The van der Waals surface area contributed by atoms with Gasteiger partial charge in [0.05, 0.1) is 22.4 Å². The van der Waals surface area contributed by atoms with Crippen LogP contribution in [0.1, 0.15) is 25.0 Å². The van der Waals surface area contributed by atoms with Crippen molar-refractivity contribution in [2.45, 2.75) is 19.3 Å². The van der Waals surface area contributed by atoms with Gasteiger partial charge in [-0.05, 0) is 89.0 Å². The smallest absolute Gasteiger partial charge is 0.135 e. The van der Waals surface area contributed by atoms with Crippen molar-refractivity contribution in [3.05, 3.63) is 169 Å². The lowest BCUT2D eigenvalue weighted by Crippen LogP contribution is -2.30. The zero-order valence-corrected chi connectivity index (χ0v) is 26.8. The van der Waals surface area contributed by atoms with Crippen molar-refractivity contribution >= 4 is 60.8 Å². The van der Waals surface area contributed by atoms with Gasteiger partial charge in [-0.2, -0.15) is 0 Å². The molecule has 3 nitrogen and oxygen atoms in total. The van der Waals surface area contributed by atoms with Gasteiger partial charge in [0.1, 0.15) is 11.2 Å². The third kappa shape index (κ3) is 3.82. The maximum Gasteiger partial charge on any atom is 0.135 e. The SMILES string of the molecule is CC1(C)c2ccccc2N(c2cccc(-c3ccc4oc5ccc(-n6c7ccccc7c7ccccc76)cc5c4c3)c2)c2ccccc21. The summed E-state index contributed by atoms with van der Waals surface area (Å²) in [6, 6.07) is 57.0. The normalized spacial score (nSPS) is 13.8. The van der Waals surface area contributed by atoms with E-state index >= 15 is 0 Å². The van der Waals surface area contributed by atoms with Gasteiger partial charge in [0.25, 0.3) is 0 Å². The van der Waals surface area contributed by atoms with Crippen LogP contribution >= 0.6 is 0 Å². The summed E-state index contributed by atoms with van der Waals surface area (Å²) in [7, 11) is 0. The molecule has 0 saturated carbocycles. The molecule has 2 aromatic heterocycles. The van der Waals surface area contributed by atoms with Gasteiger partial charge in [0, 0.05) is 38.3 Å². The number of aromatic nitrogens is 1. The molecule has 0 amide bonds. The number of rotatable bonds is 3. The average Bonchev–Trinajstić information content (AvgIpc) is 3.67. The Morgan fingerprint density at radius 3 is 1.69 bits per heavy atom. The van der Waals surface area contributed by atoms with E-state index in [2.05, 4.69) is 181 Å². The summed E-state index contributed by atoms with van der Waals surface area (Å²) in [5.41, 5.74) is 13.8. The predicted octanol–water partition coefficient (Wildman–Crippen LogP) is 12.5. The number of benzene rings is 7. The van der Waals surface area contributed by atoms with E-state index in [1.807, 2.05) is 0 Å². The first kappa shape index (κ1) is 27.1. The highest BCUT2D eigenvalue weighted by Crippen LogP contribution is 2.52. The number of para-hydroxylation sites is 4. The quantitative estimate of drug-likeness (QED) is 0.197. The Morgan fingerprint density at radius 1 is 0.438 bits per heavy atom. The van der Waals surface area contributed by atoms with Crippen LogP contribution in [0.2, 0.25) is 0 Å². The van der Waals surface area contributed by atoms with Gasteiger partial charge in [-0.15, -0.1) is 0 Å². The zero-order chi connectivity index (χ0) is 32.0. The number of furan rings is 1. The molecule has 48 heavy (non-hydrogen) atoms. The minimum atomic E-state index is -0.0905. The molecular formula is C45H32N2O. The standard InChI is InChI=1S/C45H32N2O/c1-45(2)37-16-5-9-20-41(37)47(42-21-10-6-17-38(42)45)31-13-11-12-29(26-31)30-22-24-43-35(27-30)36-28-32(23-25-44(36)48-43)46-39-18-7-3-14-33(39)34-15-4-8-19-40(34)46/h3-28H,1-2H3. The van der Waals surface area contributed by atoms with Crippen molar-refractivity contribution in [3.8, 4) is 16.8 Å². The van der Waals surface area contributed by atoms with Crippen LogP contribution in [-0.4, -0.2) is 4.57 Å². The highest BCUT2D eigenvalue weighted by molar-refractivity contribution is 6.11. The van der Waals surface area contributed by atoms with E-state index in [9.17, 15) is 0 Å². The van der Waals surface area contributed by atoms with Crippen molar-refractivity contribution in [2.24, 2.45) is 0 Å². The minimum Gasteiger partial charge on any atom is -0.456 e. The molecule has 10 rings (SSSR count). The van der Waals surface area contributed by atoms with Crippen LogP contribution < -0.4 is 4.90 Å². The lowest BCUT2D eigenvalue weighted by atomic mass is 9.73. The fourth-order valence-corrected chi connectivity index (χ4v) is 8.06. The molecule has 3 heteroatoms. The van der Waals surface area contributed by atoms with Crippen LogP contribution in [0, 0.1) is 0 Å². The second-order valence-electron chi connectivity index (χ2n) is 13.4. The van der Waals surface area contributed by atoms with Crippen LogP contribution in [0.25, 0.3) is 60.6 Å². The molecule has 0 fully saturated rings. The van der Waals surface area contributed by atoms with Crippen LogP contribution in [0.5, 0.6) is 0 Å². The highest BCUT2D eigenvalue weighted by atomic mass is 16.3. The van der Waals surface area contributed by atoms with Crippen molar-refractivity contribution in [1.82, 2.24) is 4.57 Å². The molecule has 0 spiro atoms. The second-order valence-corrected chi connectivity index (χ2v) is 13.4. The number of hydrogen-bond acceptors (Lipinski definition) is 2. The fraction of sp³-hybridized carbons (Fsp3) is 0.0667. The van der Waals surface area contributed by atoms with Gasteiger partial charge in [-0.3, -0.25) is 0 Å². The van der Waals surface area contributed by atoms with Gasteiger partial charge in [-0.1, -0.05) is 105 Å². The minimum absolute atomic E-state index is 0.0905. The van der Waals surface area contributed by atoms with Crippen molar-refractivity contribution in [1.29, 1.82) is 0 Å². The molecule has 0 atom stereocenters. The summed E-state index contributed by atoms with van der Waals surface area (Å²) in [6.07, 6.45) is 0. The molecule has 0 bridgehead atoms. The summed E-state index contributed by atoms with van der Waals surface area (Å²) in [5, 5.41) is 4.75. The van der Waals surface area contributed by atoms with Crippen LogP contribution in [-0.2, 0) is 5.41 Å². The summed E-state index contributed by atoms with van der Waals surface area (Å²) >= 11 is 0. The van der Waals surface area contributed by atoms with Gasteiger partial charge < -0.3 is 13.9 Å². The molecule has 0 aliphatic carbocycles. The van der Waals surface area contributed by atoms with Crippen LogP contribution in [0.3, 0.4) is 0 Å². The van der Waals surface area contributed by atoms with E-state index in [1.165, 1.54) is 49.9 Å². The first-order chi connectivity index (χ1) is 23.6. The first-order valence-corrected chi connectivity index (χ1v) is 16.6. The van der Waals surface area contributed by atoms with Gasteiger partial charge in [-0.25, -0.2) is 0 Å². The van der Waals surface area contributed by atoms with E-state index in [0.29, 0.717) is 0 Å². The Hall–Kier alpha value is -6.06. The Kier molecular flexibility index (Phi) is 5.63. The topological polar surface area (TPSA) is 21.3 Å². The van der Waals surface area contributed by atoms with E-state index in [1.54, 1.807) is 0 Å². The molecule has 1 aliphatic heterocycles. The van der Waals surface area contributed by atoms with Gasteiger partial charge in [0.15, 0.2) is 0 Å². The third-order valence-electron chi connectivity index (χ3n) is 10.4. The summed E-state index contributed by atoms with van der Waals surface area (Å²) in [5.74, 6) is 0. The maximum atomic E-state index is 6.39. The summed E-state index contributed by atoms with van der Waals surface area (Å²) in [4.78, 5) is 2.42. The number of nitrogens with zero attached hydrogens (tertiary/aromatic N) is 2. The third-order valence-corrected chi connectivity index (χ3v) is 10.4. The molecule has 9 aromatic rings. The Balaban J connectivity index is 1.12. The lowest BCUT2D eigenvalue weighted by Gasteiger charge is -2.42. The molecule has 0 radical (unpaired) electrons. The zero-order valence-electron chi connectivity index (χ0n) is 26.8. The molecule has 7 aromatic carbocycles. The number of fused-ring (bicyclic) bond motifs is 8. The molecule has 1 aliphatic rings. The molecule has 0 unspecified atom stereocenters. The monoisotopic (exact) mass is 616 g/mol. The van der Waals surface area contributed by atoms with E-state index in [4.69, 9.17) is 4.42 Å². The highest BCUT2D eigenvalue weighted by Gasteiger charge is 2.36. The lowest BCUT2D eigenvalue weighted by molar-refractivity contribution is 0.632. The number of hydrogen-bond donors (Lipinski definition) is 0. The molecular weight excluding hydrogens is 585 g/mol. The number of anilines is 3. The van der Waals surface area contributed by atoms with E-state index in [0.717, 1.165) is 38.9 Å². The molecule has 3 heterocycles. The van der Waals surface area contributed by atoms with Gasteiger partial charge >= 0.3 is 0 Å². The van der Waals surface area contributed by atoms with E-state index < -0.39 is 0 Å². The molecule has 0 saturated heterocycles. The Morgan fingerprint density at radius 2 is 1.00 bits per heavy atom. The maximum absolute atomic E-state index is 6.39. The van der Waals surface area contributed by atoms with Crippen molar-refractivity contribution in [2.75, 3.05) is 4.90 Å². The van der Waals surface area contributed by atoms with Crippen molar-refractivity contribution in [3.63, 3.8) is 0 Å². The predicted molar refractivity (Wildman–Crippen MR) is 200 cm³/mol. The summed E-state index contributed by atoms with van der Waals surface area (Å²) in [6.45, 7) is 4.66. The Labute approximate surface area is 278 Å². The second kappa shape index (κ2) is 9.97.